The van der Waals surface area contributed by atoms with Crippen LogP contribution >= 0.6 is 0 Å². The van der Waals surface area contributed by atoms with Crippen LogP contribution in [0, 0.1) is 5.92 Å². The second-order valence-electron chi connectivity index (χ2n) is 7.79. The van der Waals surface area contributed by atoms with Crippen LogP contribution in [-0.2, 0) is 15.8 Å². The Bertz CT molecular complexity index is 720. The van der Waals surface area contributed by atoms with Crippen molar-refractivity contribution < 1.29 is 27.9 Å². The van der Waals surface area contributed by atoms with Gasteiger partial charge in [0.2, 0.25) is 5.91 Å². The van der Waals surface area contributed by atoms with E-state index in [1.807, 2.05) is 9.80 Å². The van der Waals surface area contributed by atoms with Gasteiger partial charge in [0.05, 0.1) is 12.1 Å². The number of amides is 1. The summed E-state index contributed by atoms with van der Waals surface area (Å²) >= 11 is 0. The van der Waals surface area contributed by atoms with E-state index in [2.05, 4.69) is 0 Å². The van der Waals surface area contributed by atoms with Crippen molar-refractivity contribution in [3.8, 4) is 0 Å². The fourth-order valence-electron chi connectivity index (χ4n) is 4.07. The molecule has 1 aliphatic carbocycles. The number of likely N-dealkylation sites (tertiary alicyclic amines) is 1. The number of carboxylic acids is 1. The first-order valence-electron chi connectivity index (χ1n) is 9.55. The molecule has 0 spiro atoms. The summed E-state index contributed by atoms with van der Waals surface area (Å²) < 4.78 is 38.1. The molecule has 1 aromatic carbocycles. The minimum absolute atomic E-state index is 0.0106. The van der Waals surface area contributed by atoms with E-state index in [4.69, 9.17) is 5.11 Å². The van der Waals surface area contributed by atoms with Crippen molar-refractivity contribution in [1.29, 1.82) is 0 Å². The molecule has 8 heteroatoms. The number of hydrogen-bond acceptors (Lipinski definition) is 3. The molecule has 1 heterocycles. The van der Waals surface area contributed by atoms with Crippen LogP contribution in [0.4, 0.5) is 13.2 Å². The molecule has 1 saturated carbocycles. The Labute approximate surface area is 162 Å². The zero-order valence-electron chi connectivity index (χ0n) is 15.8. The Kier molecular flexibility index (Phi) is 5.98. The van der Waals surface area contributed by atoms with Crippen LogP contribution < -0.4 is 0 Å². The number of carboxylic acid groups (broad SMARTS) is 1. The second-order valence-corrected chi connectivity index (χ2v) is 7.79. The summed E-state index contributed by atoms with van der Waals surface area (Å²) in [6.45, 7) is 1.22. The zero-order valence-corrected chi connectivity index (χ0v) is 15.8. The van der Waals surface area contributed by atoms with Crippen molar-refractivity contribution >= 4 is 11.9 Å². The van der Waals surface area contributed by atoms with E-state index in [0.29, 0.717) is 19.5 Å². The predicted octanol–water partition coefficient (Wildman–Crippen LogP) is 3.21. The molecule has 2 aliphatic rings. The Morgan fingerprint density at radius 3 is 2.46 bits per heavy atom. The molecular formula is C20H25F3N2O3. The van der Waals surface area contributed by atoms with E-state index < -0.39 is 17.7 Å². The highest BCUT2D eigenvalue weighted by atomic mass is 19.4. The quantitative estimate of drug-likeness (QED) is 0.828. The van der Waals surface area contributed by atoms with Crippen LogP contribution in [0.5, 0.6) is 0 Å². The number of hydrogen-bond donors (Lipinski definition) is 1. The first kappa shape index (κ1) is 20.6. The van der Waals surface area contributed by atoms with E-state index in [1.54, 1.807) is 7.05 Å². The lowest BCUT2D eigenvalue weighted by Crippen LogP contribution is -2.37. The number of rotatable bonds is 5. The number of carbonyl (C=O) groups is 2. The largest absolute Gasteiger partial charge is 0.480 e. The molecule has 154 valence electrons. The molecule has 28 heavy (non-hydrogen) atoms. The zero-order chi connectivity index (χ0) is 20.5. The summed E-state index contributed by atoms with van der Waals surface area (Å²) in [5.74, 6) is -0.975. The summed E-state index contributed by atoms with van der Waals surface area (Å²) in [4.78, 5) is 27.4. The molecule has 0 aromatic heterocycles. The highest BCUT2D eigenvalue weighted by Crippen LogP contribution is 2.49. The monoisotopic (exact) mass is 398 g/mol. The number of aliphatic carboxylic acids is 1. The van der Waals surface area contributed by atoms with Crippen LogP contribution in [0.2, 0.25) is 0 Å². The molecule has 0 radical (unpaired) electrons. The molecule has 2 fully saturated rings. The fourth-order valence-corrected chi connectivity index (χ4v) is 4.07. The molecular weight excluding hydrogens is 373 g/mol. The lowest BCUT2D eigenvalue weighted by molar-refractivity contribution is -0.139. The number of carbonyl (C=O) groups excluding carboxylic acids is 1. The Morgan fingerprint density at radius 1 is 1.18 bits per heavy atom. The molecule has 3 atom stereocenters. The standard InChI is InChI=1S/C20H25F3N2O3/c1-24(12-18(26)27)15-3-2-9-25(10-8-15)19(28)17-11-16(17)13-4-6-14(7-5-13)20(21,22)23/h4-7,15-17H,2-3,8-12H2,1H3,(H,26,27)/t15-,16+,17-/m1/s1. The Morgan fingerprint density at radius 2 is 1.86 bits per heavy atom. The maximum absolute atomic E-state index is 12.8. The van der Waals surface area contributed by atoms with Crippen molar-refractivity contribution in [1.82, 2.24) is 9.80 Å². The SMILES string of the molecule is CN(CC(=O)O)[C@@H]1CCCN(C(=O)[C@@H]2C[C@H]2c2ccc(C(F)(F)F)cc2)CC1. The van der Waals surface area contributed by atoms with Gasteiger partial charge in [-0.3, -0.25) is 14.5 Å². The van der Waals surface area contributed by atoms with E-state index >= 15 is 0 Å². The maximum atomic E-state index is 12.8. The number of likely N-dealkylation sites (N-methyl/N-ethyl adjacent to an activating group) is 1. The first-order valence-corrected chi connectivity index (χ1v) is 9.55. The molecule has 1 N–H and O–H groups in total. The lowest BCUT2D eigenvalue weighted by atomic mass is 10.1. The van der Waals surface area contributed by atoms with E-state index in [0.717, 1.165) is 37.0 Å². The maximum Gasteiger partial charge on any atom is 0.416 e. The van der Waals surface area contributed by atoms with E-state index in [1.165, 1.54) is 12.1 Å². The normalized spacial score (nSPS) is 25.5. The van der Waals surface area contributed by atoms with E-state index in [9.17, 15) is 22.8 Å². The smallest absolute Gasteiger partial charge is 0.416 e. The molecule has 0 bridgehead atoms. The lowest BCUT2D eigenvalue weighted by Gasteiger charge is -2.25. The van der Waals surface area contributed by atoms with Gasteiger partial charge in [0.15, 0.2) is 0 Å². The molecule has 1 aliphatic heterocycles. The molecule has 1 amide bonds. The predicted molar refractivity (Wildman–Crippen MR) is 96.8 cm³/mol. The minimum Gasteiger partial charge on any atom is -0.480 e. The van der Waals surface area contributed by atoms with Crippen LogP contribution in [0.3, 0.4) is 0 Å². The molecule has 3 rings (SSSR count). The van der Waals surface area contributed by atoms with Crippen LogP contribution in [0.15, 0.2) is 24.3 Å². The van der Waals surface area contributed by atoms with Gasteiger partial charge in [-0.2, -0.15) is 13.2 Å². The van der Waals surface area contributed by atoms with Gasteiger partial charge in [-0.1, -0.05) is 12.1 Å². The summed E-state index contributed by atoms with van der Waals surface area (Å²) in [6, 6.07) is 5.23. The summed E-state index contributed by atoms with van der Waals surface area (Å²) in [6.07, 6.45) is -1.29. The van der Waals surface area contributed by atoms with Gasteiger partial charge in [-0.05, 0) is 56.3 Å². The van der Waals surface area contributed by atoms with Crippen LogP contribution in [-0.4, -0.2) is 59.5 Å². The van der Waals surface area contributed by atoms with Crippen LogP contribution in [0.25, 0.3) is 0 Å². The topological polar surface area (TPSA) is 60.9 Å². The third kappa shape index (κ3) is 4.84. The van der Waals surface area contributed by atoms with Crippen molar-refractivity contribution in [3.05, 3.63) is 35.4 Å². The van der Waals surface area contributed by atoms with Crippen molar-refractivity contribution in [2.45, 2.75) is 43.8 Å². The average molecular weight is 398 g/mol. The summed E-state index contributed by atoms with van der Waals surface area (Å²) in [5, 5.41) is 8.94. The average Bonchev–Trinajstić information content (AvgIpc) is 3.43. The number of halogens is 3. The fraction of sp³-hybridized carbons (Fsp3) is 0.600. The van der Waals surface area contributed by atoms with Crippen molar-refractivity contribution in [2.75, 3.05) is 26.7 Å². The summed E-state index contributed by atoms with van der Waals surface area (Å²) in [7, 11) is 1.79. The minimum atomic E-state index is -4.35. The molecule has 1 aromatic rings. The molecule has 5 nitrogen and oxygen atoms in total. The Hall–Kier alpha value is -2.09. The third-order valence-corrected chi connectivity index (χ3v) is 5.79. The molecule has 1 saturated heterocycles. The number of nitrogens with zero attached hydrogens (tertiary/aromatic N) is 2. The van der Waals surface area contributed by atoms with Gasteiger partial charge in [0.1, 0.15) is 0 Å². The first-order chi connectivity index (χ1) is 13.2. The highest BCUT2D eigenvalue weighted by molar-refractivity contribution is 5.83. The van der Waals surface area contributed by atoms with Gasteiger partial charge >= 0.3 is 12.1 Å². The van der Waals surface area contributed by atoms with E-state index in [-0.39, 0.29) is 30.3 Å². The Balaban J connectivity index is 1.55. The highest BCUT2D eigenvalue weighted by Gasteiger charge is 2.46. The van der Waals surface area contributed by atoms with Gasteiger partial charge in [0, 0.05) is 25.0 Å². The number of benzene rings is 1. The molecule has 0 unspecified atom stereocenters. The number of alkyl halides is 3. The van der Waals surface area contributed by atoms with Crippen LogP contribution in [0.1, 0.15) is 42.7 Å². The van der Waals surface area contributed by atoms with Crippen molar-refractivity contribution in [3.63, 3.8) is 0 Å². The summed E-state index contributed by atoms with van der Waals surface area (Å²) in [5.41, 5.74) is 0.101. The third-order valence-electron chi connectivity index (χ3n) is 5.79. The van der Waals surface area contributed by atoms with Gasteiger partial charge in [-0.25, -0.2) is 0 Å². The van der Waals surface area contributed by atoms with Gasteiger partial charge in [0.25, 0.3) is 0 Å². The van der Waals surface area contributed by atoms with Gasteiger partial charge < -0.3 is 10.0 Å². The second kappa shape index (κ2) is 8.11. The van der Waals surface area contributed by atoms with Crippen molar-refractivity contribution in [2.24, 2.45) is 5.92 Å². The van der Waals surface area contributed by atoms with Gasteiger partial charge in [-0.15, -0.1) is 0 Å².